The Morgan fingerprint density at radius 3 is 1.67 bits per heavy atom. The van der Waals surface area contributed by atoms with Crippen LogP contribution in [0.25, 0.3) is 0 Å². The third kappa shape index (κ3) is 1.31. The van der Waals surface area contributed by atoms with E-state index in [2.05, 4.69) is 0 Å². The van der Waals surface area contributed by atoms with Crippen molar-refractivity contribution in [1.82, 2.24) is 0 Å². The van der Waals surface area contributed by atoms with Crippen LogP contribution in [0.3, 0.4) is 0 Å². The second kappa shape index (κ2) is 2.36. The molecular formula is C8H12F4. The van der Waals surface area contributed by atoms with Crippen molar-refractivity contribution in [2.75, 3.05) is 0 Å². The van der Waals surface area contributed by atoms with Gasteiger partial charge in [0.05, 0.1) is 5.92 Å². The molecule has 0 spiro atoms. The first-order chi connectivity index (χ1) is 5.19. The molecule has 3 atom stereocenters. The lowest BCUT2D eigenvalue weighted by atomic mass is 9.99. The van der Waals surface area contributed by atoms with Gasteiger partial charge < -0.3 is 0 Å². The summed E-state index contributed by atoms with van der Waals surface area (Å²) in [6.45, 7) is 4.11. The number of rotatable bonds is 1. The van der Waals surface area contributed by atoms with Gasteiger partial charge in [-0.15, -0.1) is 0 Å². The van der Waals surface area contributed by atoms with Crippen LogP contribution in [-0.4, -0.2) is 12.3 Å². The normalized spacial score (nSPS) is 36.2. The molecule has 0 aromatic carbocycles. The summed E-state index contributed by atoms with van der Waals surface area (Å²) in [5, 5.41) is 0. The molecule has 72 valence electrons. The molecule has 0 N–H and O–H groups in total. The van der Waals surface area contributed by atoms with Gasteiger partial charge in [0.2, 0.25) is 0 Å². The van der Waals surface area contributed by atoms with Gasteiger partial charge in [-0.1, -0.05) is 20.8 Å². The molecule has 1 fully saturated rings. The smallest absolute Gasteiger partial charge is 0.247 e. The van der Waals surface area contributed by atoms with Crippen LogP contribution in [0.4, 0.5) is 17.6 Å². The molecule has 12 heavy (non-hydrogen) atoms. The quantitative estimate of drug-likeness (QED) is 0.549. The first-order valence-electron chi connectivity index (χ1n) is 3.90. The highest BCUT2D eigenvalue weighted by Crippen LogP contribution is 2.60. The number of alkyl halides is 4. The van der Waals surface area contributed by atoms with Crippen LogP contribution in [0, 0.1) is 17.3 Å². The van der Waals surface area contributed by atoms with Crippen LogP contribution < -0.4 is 0 Å². The van der Waals surface area contributed by atoms with Gasteiger partial charge in [-0.3, -0.25) is 0 Å². The van der Waals surface area contributed by atoms with Crippen molar-refractivity contribution in [2.24, 2.45) is 17.3 Å². The molecule has 1 aliphatic carbocycles. The second-order valence-corrected chi connectivity index (χ2v) is 4.08. The zero-order valence-corrected chi connectivity index (χ0v) is 7.24. The minimum Gasteiger partial charge on any atom is -0.247 e. The molecule has 0 heterocycles. The Hall–Kier alpha value is -0.280. The maximum Gasteiger partial charge on any atom is 0.391 e. The van der Waals surface area contributed by atoms with Crippen molar-refractivity contribution < 1.29 is 17.6 Å². The summed E-state index contributed by atoms with van der Waals surface area (Å²) in [5.41, 5.74) is -0.783. The van der Waals surface area contributed by atoms with Crippen molar-refractivity contribution in [2.45, 2.75) is 33.1 Å². The zero-order chi connectivity index (χ0) is 9.73. The lowest BCUT2D eigenvalue weighted by Gasteiger charge is -2.15. The molecule has 0 saturated heterocycles. The van der Waals surface area contributed by atoms with Crippen LogP contribution in [0.1, 0.15) is 20.8 Å². The summed E-state index contributed by atoms with van der Waals surface area (Å²) < 4.78 is 49.1. The molecule has 1 aliphatic rings. The van der Waals surface area contributed by atoms with Crippen molar-refractivity contribution in [3.8, 4) is 0 Å². The van der Waals surface area contributed by atoms with Crippen LogP contribution >= 0.6 is 0 Å². The zero-order valence-electron chi connectivity index (χ0n) is 7.24. The lowest BCUT2D eigenvalue weighted by Crippen LogP contribution is -2.23. The molecule has 0 nitrogen and oxygen atoms in total. The Labute approximate surface area is 69.0 Å². The number of hydrogen-bond donors (Lipinski definition) is 0. The molecule has 0 bridgehead atoms. The molecule has 0 radical (unpaired) electrons. The van der Waals surface area contributed by atoms with Crippen LogP contribution in [0.15, 0.2) is 0 Å². The fourth-order valence-electron chi connectivity index (χ4n) is 1.71. The fraction of sp³-hybridized carbons (Fsp3) is 1.00. The lowest BCUT2D eigenvalue weighted by molar-refractivity contribution is -0.178. The van der Waals surface area contributed by atoms with Gasteiger partial charge in [-0.05, 0) is 0 Å². The highest BCUT2D eigenvalue weighted by molar-refractivity contribution is 5.09. The van der Waals surface area contributed by atoms with E-state index in [1.54, 1.807) is 0 Å². The van der Waals surface area contributed by atoms with Crippen molar-refractivity contribution in [1.29, 1.82) is 0 Å². The van der Waals surface area contributed by atoms with Gasteiger partial charge in [0.25, 0.3) is 0 Å². The molecule has 0 aromatic heterocycles. The third-order valence-electron chi connectivity index (χ3n) is 2.83. The largest absolute Gasteiger partial charge is 0.391 e. The van der Waals surface area contributed by atoms with Crippen LogP contribution in [-0.2, 0) is 0 Å². The molecule has 0 aromatic rings. The topological polar surface area (TPSA) is 0 Å². The van der Waals surface area contributed by atoms with E-state index >= 15 is 0 Å². The van der Waals surface area contributed by atoms with Gasteiger partial charge in [0, 0.05) is 11.3 Å². The van der Waals surface area contributed by atoms with Gasteiger partial charge in [0.15, 0.2) is 0 Å². The average Bonchev–Trinajstić information content (AvgIpc) is 2.30. The molecular weight excluding hydrogens is 172 g/mol. The Bertz CT molecular complexity index is 172. The van der Waals surface area contributed by atoms with Crippen LogP contribution in [0.2, 0.25) is 0 Å². The van der Waals surface area contributed by atoms with Gasteiger partial charge in [0.1, 0.15) is 6.17 Å². The van der Waals surface area contributed by atoms with E-state index in [0.29, 0.717) is 0 Å². The Balaban J connectivity index is 2.64. The Morgan fingerprint density at radius 1 is 1.25 bits per heavy atom. The molecule has 1 rings (SSSR count). The molecule has 4 heteroatoms. The number of hydrogen-bond acceptors (Lipinski definition) is 0. The first kappa shape index (κ1) is 9.81. The standard InChI is InChI=1S/C8H12F4/c1-4(8(10,11)12)5-6(9)7(5,2)3/h4-6H,1-3H3. The van der Waals surface area contributed by atoms with Crippen LogP contribution in [0.5, 0.6) is 0 Å². The highest BCUT2D eigenvalue weighted by atomic mass is 19.4. The molecule has 3 unspecified atom stereocenters. The molecule has 0 aliphatic heterocycles. The van der Waals surface area contributed by atoms with Crippen molar-refractivity contribution in [3.05, 3.63) is 0 Å². The van der Waals surface area contributed by atoms with Crippen molar-refractivity contribution in [3.63, 3.8) is 0 Å². The summed E-state index contributed by atoms with van der Waals surface area (Å²) in [4.78, 5) is 0. The van der Waals surface area contributed by atoms with E-state index in [1.165, 1.54) is 13.8 Å². The maximum absolute atomic E-state index is 12.8. The predicted molar refractivity (Wildman–Crippen MR) is 37.4 cm³/mol. The highest BCUT2D eigenvalue weighted by Gasteiger charge is 2.65. The van der Waals surface area contributed by atoms with Crippen molar-refractivity contribution >= 4 is 0 Å². The SMILES string of the molecule is CC(C1C(F)C1(C)C)C(F)(F)F. The third-order valence-corrected chi connectivity index (χ3v) is 2.83. The maximum atomic E-state index is 12.8. The average molecular weight is 184 g/mol. The minimum absolute atomic E-state index is 0.783. The summed E-state index contributed by atoms with van der Waals surface area (Å²) >= 11 is 0. The van der Waals surface area contributed by atoms with E-state index in [0.717, 1.165) is 6.92 Å². The van der Waals surface area contributed by atoms with E-state index in [4.69, 9.17) is 0 Å². The molecule has 1 saturated carbocycles. The summed E-state index contributed by atoms with van der Waals surface area (Å²) in [6.07, 6.45) is -5.56. The van der Waals surface area contributed by atoms with E-state index in [-0.39, 0.29) is 0 Å². The Kier molecular flexibility index (Phi) is 1.93. The summed E-state index contributed by atoms with van der Waals surface area (Å²) in [6, 6.07) is 0. The van der Waals surface area contributed by atoms with E-state index < -0.39 is 29.6 Å². The predicted octanol–water partition coefficient (Wildman–Crippen LogP) is 3.18. The fourth-order valence-corrected chi connectivity index (χ4v) is 1.71. The summed E-state index contributed by atoms with van der Waals surface area (Å²) in [5.74, 6) is -2.38. The van der Waals surface area contributed by atoms with E-state index in [1.807, 2.05) is 0 Å². The Morgan fingerprint density at radius 2 is 1.58 bits per heavy atom. The second-order valence-electron chi connectivity index (χ2n) is 4.08. The summed E-state index contributed by atoms with van der Waals surface area (Å²) in [7, 11) is 0. The monoisotopic (exact) mass is 184 g/mol. The number of halogens is 4. The van der Waals surface area contributed by atoms with Gasteiger partial charge >= 0.3 is 6.18 Å². The van der Waals surface area contributed by atoms with Gasteiger partial charge in [-0.25, -0.2) is 4.39 Å². The van der Waals surface area contributed by atoms with Gasteiger partial charge in [-0.2, -0.15) is 13.2 Å². The molecule has 0 amide bonds. The van der Waals surface area contributed by atoms with E-state index in [9.17, 15) is 17.6 Å². The first-order valence-corrected chi connectivity index (χ1v) is 3.90. The minimum atomic E-state index is -4.26.